The molecule has 0 spiro atoms. The molecule has 1 atom stereocenters. The van der Waals surface area contributed by atoms with Crippen molar-refractivity contribution in [3.05, 3.63) is 30.5 Å². The fraction of sp³-hybridized carbons (Fsp3) is 0.429. The number of aliphatic hydroxyl groups excluding tert-OH is 1. The van der Waals surface area contributed by atoms with Crippen molar-refractivity contribution in [1.82, 2.24) is 10.3 Å². The fourth-order valence-corrected chi connectivity index (χ4v) is 1.65. The number of aromatic nitrogens is 1. The Balaban J connectivity index is 1.98. The Morgan fingerprint density at radius 1 is 1.50 bits per heavy atom. The highest BCUT2D eigenvalue weighted by Crippen LogP contribution is 2.24. The van der Waals surface area contributed by atoms with Gasteiger partial charge < -0.3 is 20.1 Å². The number of hydrogen-bond donors (Lipinski definition) is 3. The van der Waals surface area contributed by atoms with Gasteiger partial charge in [-0.3, -0.25) is 0 Å². The van der Waals surface area contributed by atoms with Crippen LogP contribution < -0.4 is 10.1 Å². The molecule has 1 aromatic carbocycles. The third kappa shape index (κ3) is 3.24. The van der Waals surface area contributed by atoms with Gasteiger partial charge in [0.05, 0.1) is 0 Å². The number of benzene rings is 1. The maximum absolute atomic E-state index is 9.98. The van der Waals surface area contributed by atoms with Gasteiger partial charge in [0.1, 0.15) is 18.5 Å². The molecule has 3 N–H and O–H groups in total. The average Bonchev–Trinajstić information content (AvgIpc) is 2.97. The first kappa shape index (κ1) is 6.59. The summed E-state index contributed by atoms with van der Waals surface area (Å²) in [7, 11) is 0. The molecule has 0 fully saturated rings. The van der Waals surface area contributed by atoms with Crippen LogP contribution in [0.5, 0.6) is 5.75 Å². The molecule has 0 radical (unpaired) electrons. The van der Waals surface area contributed by atoms with Gasteiger partial charge in [-0.2, -0.15) is 0 Å². The van der Waals surface area contributed by atoms with Gasteiger partial charge in [0.25, 0.3) is 0 Å². The van der Waals surface area contributed by atoms with E-state index in [4.69, 9.17) is 14.3 Å². The number of aromatic amines is 1. The third-order valence-corrected chi connectivity index (χ3v) is 2.50. The minimum Gasteiger partial charge on any atom is -0.490 e. The molecule has 4 nitrogen and oxygen atoms in total. The first-order valence-electron chi connectivity index (χ1n) is 9.08. The molecule has 0 aliphatic rings. The van der Waals surface area contributed by atoms with Crippen LogP contribution in [0.2, 0.25) is 0 Å². The van der Waals surface area contributed by atoms with Gasteiger partial charge in [0, 0.05) is 39.3 Å². The van der Waals surface area contributed by atoms with Crippen molar-refractivity contribution in [3.63, 3.8) is 0 Å². The lowest BCUT2D eigenvalue weighted by atomic mass is 10.2. The van der Waals surface area contributed by atoms with Crippen LogP contribution in [0.15, 0.2) is 30.5 Å². The molecule has 0 aliphatic heterocycles. The van der Waals surface area contributed by atoms with E-state index in [0.717, 1.165) is 10.9 Å². The zero-order valence-electron chi connectivity index (χ0n) is 16.7. The lowest BCUT2D eigenvalue weighted by Crippen LogP contribution is -2.35. The van der Waals surface area contributed by atoms with Crippen molar-refractivity contribution in [2.45, 2.75) is 25.8 Å². The summed E-state index contributed by atoms with van der Waals surface area (Å²) in [6, 6.07) is 4.29. The number of fused-ring (bicyclic) bond motifs is 1. The lowest BCUT2D eigenvalue weighted by molar-refractivity contribution is 0.105. The van der Waals surface area contributed by atoms with Gasteiger partial charge in [-0.05, 0) is 18.2 Å². The summed E-state index contributed by atoms with van der Waals surface area (Å²) < 4.78 is 57.1. The van der Waals surface area contributed by atoms with E-state index < -0.39 is 32.4 Å². The summed E-state index contributed by atoms with van der Waals surface area (Å²) in [6.45, 7) is -6.77. The molecule has 1 aromatic heterocycles. The number of H-pyrrole nitrogens is 1. The number of ether oxygens (including phenoxy) is 1. The molecule has 1 heterocycles. The molecule has 2 aromatic rings. The maximum Gasteiger partial charge on any atom is 0.128 e. The molecule has 0 saturated heterocycles. The first-order valence-corrected chi connectivity index (χ1v) is 5.58. The standard InChI is InChI=1S/C14H20N2O2/c1-10(2)16-8-11(17)9-18-14-5-3-4-13-12(14)6-7-15-13/h3-7,10-11,15-17H,8-9H2,1-2H3/i1D3,2D3,10D. The summed E-state index contributed by atoms with van der Waals surface area (Å²) in [5, 5.41) is 13.0. The number of rotatable bonds is 6. The monoisotopic (exact) mass is 255 g/mol. The van der Waals surface area contributed by atoms with E-state index in [2.05, 4.69) is 10.3 Å². The maximum atomic E-state index is 9.98. The summed E-state index contributed by atoms with van der Waals surface area (Å²) in [4.78, 5) is 3.02. The van der Waals surface area contributed by atoms with Crippen molar-refractivity contribution in [2.75, 3.05) is 13.2 Å². The number of nitrogens with one attached hydrogen (secondary N) is 2. The Labute approximate surface area is 117 Å². The van der Waals surface area contributed by atoms with Crippen molar-refractivity contribution in [3.8, 4) is 5.75 Å². The second kappa shape index (κ2) is 5.89. The predicted molar refractivity (Wildman–Crippen MR) is 72.9 cm³/mol. The van der Waals surface area contributed by atoms with Crippen LogP contribution in [0.4, 0.5) is 0 Å². The average molecular weight is 255 g/mol. The largest absolute Gasteiger partial charge is 0.490 e. The highest BCUT2D eigenvalue weighted by molar-refractivity contribution is 5.85. The molecule has 0 amide bonds. The van der Waals surface area contributed by atoms with Crippen LogP contribution in [-0.2, 0) is 0 Å². The predicted octanol–water partition coefficient (Wildman–Crippen LogP) is 1.91. The Bertz CT molecular complexity index is 697. The van der Waals surface area contributed by atoms with Crippen molar-refractivity contribution < 1.29 is 19.4 Å². The fourth-order valence-electron chi connectivity index (χ4n) is 1.65. The summed E-state index contributed by atoms with van der Waals surface area (Å²) in [5.74, 6) is 0.529. The van der Waals surface area contributed by atoms with Crippen LogP contribution in [0.1, 0.15) is 23.3 Å². The first-order chi connectivity index (χ1) is 11.5. The molecule has 18 heavy (non-hydrogen) atoms. The minimum atomic E-state index is -3.09. The van der Waals surface area contributed by atoms with E-state index in [0.29, 0.717) is 5.75 Å². The number of hydrogen-bond acceptors (Lipinski definition) is 3. The molecule has 98 valence electrons. The minimum absolute atomic E-state index is 0.185. The zero-order chi connectivity index (χ0) is 18.9. The Morgan fingerprint density at radius 3 is 3.22 bits per heavy atom. The van der Waals surface area contributed by atoms with Gasteiger partial charge in [-0.1, -0.05) is 19.8 Å². The quantitative estimate of drug-likeness (QED) is 0.739. The van der Waals surface area contributed by atoms with Gasteiger partial charge in [-0.15, -0.1) is 0 Å². The van der Waals surface area contributed by atoms with Gasteiger partial charge in [-0.25, -0.2) is 0 Å². The second-order valence-corrected chi connectivity index (χ2v) is 3.92. The van der Waals surface area contributed by atoms with Gasteiger partial charge >= 0.3 is 0 Å². The second-order valence-electron chi connectivity index (χ2n) is 3.92. The van der Waals surface area contributed by atoms with E-state index in [1.807, 2.05) is 12.1 Å². The molecule has 0 saturated carbocycles. The molecular formula is C14H20N2O2. The third-order valence-electron chi connectivity index (χ3n) is 2.50. The zero-order valence-corrected chi connectivity index (χ0v) is 9.73. The van der Waals surface area contributed by atoms with Crippen molar-refractivity contribution >= 4 is 10.9 Å². The van der Waals surface area contributed by atoms with Gasteiger partial charge in [0.2, 0.25) is 0 Å². The molecule has 0 aliphatic carbocycles. The van der Waals surface area contributed by atoms with E-state index in [-0.39, 0.29) is 6.61 Å². The van der Waals surface area contributed by atoms with E-state index in [1.165, 1.54) is 0 Å². The molecule has 1 unspecified atom stereocenters. The highest BCUT2D eigenvalue weighted by atomic mass is 16.5. The molecular weight excluding hydrogens is 228 g/mol. The normalized spacial score (nSPS) is 20.8. The topological polar surface area (TPSA) is 57.3 Å². The molecule has 4 heteroatoms. The summed E-state index contributed by atoms with van der Waals surface area (Å²) in [6.07, 6.45) is 0.556. The summed E-state index contributed by atoms with van der Waals surface area (Å²) >= 11 is 0. The highest BCUT2D eigenvalue weighted by Gasteiger charge is 2.08. The SMILES string of the molecule is [2H]C([2H])([2H])C([2H])(NCC(O)COc1cccc2[nH]ccc12)C([2H])([2H])[2H]. The Morgan fingerprint density at radius 2 is 2.39 bits per heavy atom. The lowest BCUT2D eigenvalue weighted by Gasteiger charge is -2.15. The van der Waals surface area contributed by atoms with Gasteiger partial charge in [0.15, 0.2) is 0 Å². The van der Waals surface area contributed by atoms with E-state index >= 15 is 0 Å². The van der Waals surface area contributed by atoms with Crippen LogP contribution in [0.25, 0.3) is 10.9 Å². The smallest absolute Gasteiger partial charge is 0.128 e. The van der Waals surface area contributed by atoms with Crippen LogP contribution in [-0.4, -0.2) is 35.4 Å². The Hall–Kier alpha value is -1.52. The number of aliphatic hydroxyl groups is 1. The van der Waals surface area contributed by atoms with E-state index in [9.17, 15) is 5.11 Å². The van der Waals surface area contributed by atoms with E-state index in [1.54, 1.807) is 18.3 Å². The molecule has 2 rings (SSSR count). The van der Waals surface area contributed by atoms with Crippen molar-refractivity contribution in [2.24, 2.45) is 0 Å². The molecule has 0 bridgehead atoms. The van der Waals surface area contributed by atoms with Crippen molar-refractivity contribution in [1.29, 1.82) is 0 Å². The Kier molecular flexibility index (Phi) is 2.16. The summed E-state index contributed by atoms with van der Waals surface area (Å²) in [5.41, 5.74) is 0.861. The van der Waals surface area contributed by atoms with Crippen LogP contribution >= 0.6 is 0 Å². The van der Waals surface area contributed by atoms with Crippen LogP contribution in [0.3, 0.4) is 0 Å². The van der Waals surface area contributed by atoms with Crippen LogP contribution in [0, 0.1) is 0 Å².